The molecule has 0 saturated heterocycles. The smallest absolute Gasteiger partial charge is 0.306 e. The Hall–Kier alpha value is -1.51. The van der Waals surface area contributed by atoms with Gasteiger partial charge in [-0.25, -0.2) is 0 Å². The minimum absolute atomic E-state index is 0.0263. The summed E-state index contributed by atoms with van der Waals surface area (Å²) in [5.74, 6) is -0.803. The molecule has 0 radical (unpaired) electrons. The van der Waals surface area contributed by atoms with Crippen LogP contribution >= 0.6 is 7.82 Å². The van der Waals surface area contributed by atoms with Gasteiger partial charge in [0.05, 0.1) is 27.7 Å². The molecule has 0 aromatic carbocycles. The van der Waals surface area contributed by atoms with Crippen molar-refractivity contribution >= 4 is 19.8 Å². The van der Waals surface area contributed by atoms with Crippen molar-refractivity contribution in [3.63, 3.8) is 0 Å². The monoisotopic (exact) mass is 1390 g/mol. The maximum absolute atomic E-state index is 12.9. The number of hydrogen-bond donors (Lipinski definition) is 0. The highest BCUT2D eigenvalue weighted by atomic mass is 31.2. The molecular weight excluding hydrogens is 1220 g/mol. The van der Waals surface area contributed by atoms with Crippen LogP contribution in [0.15, 0.2) is 24.3 Å². The third-order valence-electron chi connectivity index (χ3n) is 20.2. The van der Waals surface area contributed by atoms with Gasteiger partial charge in [0, 0.05) is 12.8 Å². The number of phosphoric ester groups is 1. The average Bonchev–Trinajstić information content (AvgIpc) is 1.58. The molecule has 2 unspecified atom stereocenters. The maximum Gasteiger partial charge on any atom is 0.306 e. The molecule has 0 fully saturated rings. The molecule has 0 bridgehead atoms. The van der Waals surface area contributed by atoms with Gasteiger partial charge in [-0.2, -0.15) is 0 Å². The van der Waals surface area contributed by atoms with Gasteiger partial charge >= 0.3 is 11.9 Å². The summed E-state index contributed by atoms with van der Waals surface area (Å²) in [6.07, 6.45) is 102. The molecule has 2 atom stereocenters. The van der Waals surface area contributed by atoms with Gasteiger partial charge in [0.2, 0.25) is 0 Å². The first-order valence-corrected chi connectivity index (χ1v) is 45.0. The average molecular weight is 1390 g/mol. The number of phosphoric acid groups is 1. The van der Waals surface area contributed by atoms with Crippen LogP contribution < -0.4 is 4.89 Å². The van der Waals surface area contributed by atoms with E-state index < -0.39 is 26.5 Å². The van der Waals surface area contributed by atoms with Crippen molar-refractivity contribution in [1.82, 2.24) is 0 Å². The lowest BCUT2D eigenvalue weighted by Crippen LogP contribution is -2.37. The molecule has 9 nitrogen and oxygen atoms in total. The number of quaternary nitrogens is 1. The molecule has 97 heavy (non-hydrogen) atoms. The van der Waals surface area contributed by atoms with Gasteiger partial charge in [0.1, 0.15) is 19.8 Å². The molecule has 10 heteroatoms. The molecule has 0 saturated carbocycles. The lowest BCUT2D eigenvalue weighted by atomic mass is 10.0. The maximum atomic E-state index is 12.9. The molecule has 0 aromatic heterocycles. The molecule has 0 aromatic rings. The Morgan fingerprint density at radius 3 is 0.814 bits per heavy atom. The highest BCUT2D eigenvalue weighted by Crippen LogP contribution is 2.38. The van der Waals surface area contributed by atoms with Gasteiger partial charge in [-0.1, -0.05) is 436 Å². The van der Waals surface area contributed by atoms with Crippen LogP contribution in [0.4, 0.5) is 0 Å². The van der Waals surface area contributed by atoms with Crippen LogP contribution in [0.2, 0.25) is 0 Å². The summed E-state index contributed by atoms with van der Waals surface area (Å²) >= 11 is 0. The van der Waals surface area contributed by atoms with Gasteiger partial charge in [0.25, 0.3) is 7.82 Å². The Kier molecular flexibility index (Phi) is 77.4. The van der Waals surface area contributed by atoms with Crippen molar-refractivity contribution in [2.24, 2.45) is 0 Å². The fourth-order valence-electron chi connectivity index (χ4n) is 13.6. The van der Waals surface area contributed by atoms with E-state index in [4.69, 9.17) is 18.5 Å². The summed E-state index contributed by atoms with van der Waals surface area (Å²) in [4.78, 5) is 38.2. The minimum Gasteiger partial charge on any atom is -0.756 e. The van der Waals surface area contributed by atoms with E-state index in [-0.39, 0.29) is 32.0 Å². The normalized spacial score (nSPS) is 13.0. The fourth-order valence-corrected chi connectivity index (χ4v) is 14.3. The van der Waals surface area contributed by atoms with Gasteiger partial charge in [-0.05, 0) is 44.9 Å². The van der Waals surface area contributed by atoms with Crippen molar-refractivity contribution in [1.29, 1.82) is 0 Å². The van der Waals surface area contributed by atoms with E-state index in [1.54, 1.807) is 0 Å². The number of likely N-dealkylation sites (N-methyl/N-ethyl adjacent to an activating group) is 1. The number of hydrogen-bond acceptors (Lipinski definition) is 8. The van der Waals surface area contributed by atoms with E-state index >= 15 is 0 Å². The van der Waals surface area contributed by atoms with Crippen LogP contribution in [0.25, 0.3) is 0 Å². The van der Waals surface area contributed by atoms with Crippen LogP contribution in [0.1, 0.15) is 470 Å². The molecule has 0 aliphatic heterocycles. The quantitative estimate of drug-likeness (QED) is 0.0195. The molecule has 0 N–H and O–H groups in total. The van der Waals surface area contributed by atoms with Crippen molar-refractivity contribution in [3.8, 4) is 0 Å². The third kappa shape index (κ3) is 83.3. The molecule has 0 spiro atoms. The fraction of sp³-hybridized carbons (Fsp3) is 0.931. The van der Waals surface area contributed by atoms with Crippen LogP contribution in [-0.4, -0.2) is 70.0 Å². The van der Waals surface area contributed by atoms with Crippen LogP contribution in [0.3, 0.4) is 0 Å². The highest BCUT2D eigenvalue weighted by Gasteiger charge is 2.22. The summed E-state index contributed by atoms with van der Waals surface area (Å²) in [6, 6.07) is 0. The van der Waals surface area contributed by atoms with E-state index in [0.29, 0.717) is 17.4 Å². The standard InChI is InChI=1S/C87H170NO8P/c1-6-8-10-12-14-16-18-20-22-24-26-28-30-32-34-36-38-40-41-42-43-44-45-46-48-49-51-53-55-57-59-61-63-65-67-69-71-73-75-77-79-86(89)93-83-85(84-95-97(91,92)94-82-81-88(3,4)5)96-87(90)80-78-76-74-72-70-68-66-64-62-60-58-56-54-52-50-47-39-37-35-33-31-29-27-25-23-21-19-17-15-13-11-9-7-2/h19,21,25,27,85H,6-18,20,22-24,26,28-84H2,1-5H3/b21-19-,27-25-. The molecule has 576 valence electrons. The van der Waals surface area contributed by atoms with E-state index in [0.717, 1.165) is 38.5 Å². The summed E-state index contributed by atoms with van der Waals surface area (Å²) in [5.41, 5.74) is 0. The summed E-state index contributed by atoms with van der Waals surface area (Å²) < 4.78 is 34.5. The zero-order chi connectivity index (χ0) is 70.4. The van der Waals surface area contributed by atoms with Gasteiger partial charge in [0.15, 0.2) is 6.10 Å². The third-order valence-corrected chi connectivity index (χ3v) is 21.2. The zero-order valence-corrected chi connectivity index (χ0v) is 67.0. The first-order chi connectivity index (χ1) is 47.5. The van der Waals surface area contributed by atoms with Gasteiger partial charge in [-0.3, -0.25) is 14.2 Å². The molecule has 0 heterocycles. The van der Waals surface area contributed by atoms with Crippen molar-refractivity contribution in [3.05, 3.63) is 24.3 Å². The number of carbonyl (C=O) groups is 2. The van der Waals surface area contributed by atoms with E-state index in [2.05, 4.69) is 38.2 Å². The summed E-state index contributed by atoms with van der Waals surface area (Å²) in [6.45, 7) is 4.33. The van der Waals surface area contributed by atoms with Crippen LogP contribution in [-0.2, 0) is 32.7 Å². The zero-order valence-electron chi connectivity index (χ0n) is 66.1. The number of ether oxygens (including phenoxy) is 2. The number of unbranched alkanes of at least 4 members (excludes halogenated alkanes) is 65. The highest BCUT2D eigenvalue weighted by molar-refractivity contribution is 7.45. The van der Waals surface area contributed by atoms with Crippen molar-refractivity contribution < 1.29 is 42.1 Å². The lowest BCUT2D eigenvalue weighted by Gasteiger charge is -2.28. The largest absolute Gasteiger partial charge is 0.756 e. The molecule has 0 aliphatic carbocycles. The van der Waals surface area contributed by atoms with Crippen molar-refractivity contribution in [2.75, 3.05) is 47.5 Å². The number of rotatable bonds is 83. The first-order valence-electron chi connectivity index (χ1n) is 43.5. The van der Waals surface area contributed by atoms with Gasteiger partial charge in [-0.15, -0.1) is 0 Å². The second-order valence-electron chi connectivity index (χ2n) is 31.3. The topological polar surface area (TPSA) is 111 Å². The van der Waals surface area contributed by atoms with Crippen molar-refractivity contribution in [2.45, 2.75) is 476 Å². The SMILES string of the molecule is CCCCCCC/C=C\C/C=C\CCCCCCCCCCCCCCCCCCCCCCCC(=O)OC(COC(=O)CCCCCCCCCCCCCCCCCCCCCCCCCCCCCCCCCCCCCCCCCC)COP(=O)([O-])OCC[N+](C)(C)C. The van der Waals surface area contributed by atoms with E-state index in [9.17, 15) is 19.0 Å². The van der Waals surface area contributed by atoms with Crippen LogP contribution in [0, 0.1) is 0 Å². The molecule has 0 amide bonds. The number of esters is 2. The minimum atomic E-state index is -4.64. The Bertz CT molecular complexity index is 1680. The first kappa shape index (κ1) is 95.5. The molecule has 0 aliphatic rings. The van der Waals surface area contributed by atoms with Gasteiger partial charge < -0.3 is 27.9 Å². The lowest BCUT2D eigenvalue weighted by molar-refractivity contribution is -0.870. The van der Waals surface area contributed by atoms with E-state index in [1.807, 2.05) is 21.1 Å². The van der Waals surface area contributed by atoms with Crippen LogP contribution in [0.5, 0.6) is 0 Å². The summed E-state index contributed by atoms with van der Waals surface area (Å²) in [7, 11) is 1.20. The number of nitrogens with zero attached hydrogens (tertiary/aromatic N) is 1. The number of allylic oxidation sites excluding steroid dienone is 4. The Balaban J connectivity index is 3.84. The molecule has 0 rings (SSSR count). The Labute approximate surface area is 606 Å². The second-order valence-corrected chi connectivity index (χ2v) is 32.7. The number of carbonyl (C=O) groups excluding carboxylic acids is 2. The Morgan fingerprint density at radius 2 is 0.557 bits per heavy atom. The Morgan fingerprint density at radius 1 is 0.320 bits per heavy atom. The summed E-state index contributed by atoms with van der Waals surface area (Å²) in [5, 5.41) is 0. The van der Waals surface area contributed by atoms with E-state index in [1.165, 1.54) is 398 Å². The predicted molar refractivity (Wildman–Crippen MR) is 421 cm³/mol. The molecular formula is C87H170NO8P. The second kappa shape index (κ2) is 78.6. The predicted octanol–water partition coefficient (Wildman–Crippen LogP) is 28.5.